The van der Waals surface area contributed by atoms with Gasteiger partial charge in [-0.15, -0.1) is 0 Å². The van der Waals surface area contributed by atoms with Gasteiger partial charge in [0.2, 0.25) is 0 Å². The van der Waals surface area contributed by atoms with Crippen molar-refractivity contribution in [1.29, 1.82) is 0 Å². The Morgan fingerprint density at radius 3 is 1.22 bits per heavy atom. The molecule has 0 heterocycles. The molecular formula is C14H14F6N4O8. The molecule has 0 aliphatic heterocycles. The molecular weight excluding hydrogens is 466 g/mol. The van der Waals surface area contributed by atoms with Gasteiger partial charge in [-0.05, 0) is 0 Å². The third kappa shape index (κ3) is 17.0. The lowest BCUT2D eigenvalue weighted by molar-refractivity contribution is -0.145. The molecule has 0 saturated heterocycles. The maximum absolute atomic E-state index is 11.9. The summed E-state index contributed by atoms with van der Waals surface area (Å²) in [6, 6.07) is -3.01. The predicted molar refractivity (Wildman–Crippen MR) is 86.3 cm³/mol. The van der Waals surface area contributed by atoms with Crippen LogP contribution in [0.2, 0.25) is 0 Å². The van der Waals surface area contributed by atoms with Crippen molar-refractivity contribution in [2.24, 2.45) is 0 Å². The van der Waals surface area contributed by atoms with Crippen LogP contribution in [0.25, 0.3) is 0 Å². The highest BCUT2D eigenvalue weighted by Crippen LogP contribution is 2.12. The number of rotatable bonds is 8. The highest BCUT2D eigenvalue weighted by Gasteiger charge is 2.28. The summed E-state index contributed by atoms with van der Waals surface area (Å²) in [4.78, 5) is 66.9. The van der Waals surface area contributed by atoms with Crippen LogP contribution in [0, 0.1) is 0 Å². The standard InChI is InChI=1S/C14H14F6N4O8/c15-13(16,17)5-21-11(29)23-7(25)3-31-9(27)1-2-10(28)32-4-8(26)24-12(30)22-6-14(18,19)20/h1-2H,3-6H2,(H2,21,23,25,29)(H2,22,24,26,30)/b2-1+. The van der Waals surface area contributed by atoms with E-state index in [0.717, 1.165) is 0 Å². The van der Waals surface area contributed by atoms with Gasteiger partial charge in [-0.3, -0.25) is 20.2 Å². The predicted octanol–water partition coefficient (Wildman–Crippen LogP) is -0.595. The van der Waals surface area contributed by atoms with Crippen LogP contribution in [0.3, 0.4) is 0 Å². The Kier molecular flexibility index (Phi) is 11.2. The second kappa shape index (κ2) is 12.7. The number of esters is 2. The highest BCUT2D eigenvalue weighted by molar-refractivity contribution is 5.98. The molecule has 0 aromatic carbocycles. The minimum atomic E-state index is -4.72. The Bertz CT molecular complexity index is 703. The summed E-state index contributed by atoms with van der Waals surface area (Å²) < 4.78 is 79.7. The number of imide groups is 2. The molecule has 0 fully saturated rings. The van der Waals surface area contributed by atoms with E-state index in [-0.39, 0.29) is 0 Å². The van der Waals surface area contributed by atoms with Crippen LogP contribution < -0.4 is 21.3 Å². The molecule has 0 spiro atoms. The van der Waals surface area contributed by atoms with Gasteiger partial charge in [0, 0.05) is 12.2 Å². The third-order valence-corrected chi connectivity index (χ3v) is 2.45. The van der Waals surface area contributed by atoms with Crippen LogP contribution in [0.1, 0.15) is 0 Å². The number of ether oxygens (including phenoxy) is 2. The molecule has 18 heteroatoms. The molecule has 0 saturated carbocycles. The van der Waals surface area contributed by atoms with Crippen molar-refractivity contribution in [1.82, 2.24) is 21.3 Å². The van der Waals surface area contributed by atoms with Gasteiger partial charge in [0.05, 0.1) is 0 Å². The molecule has 0 bridgehead atoms. The number of hydrogen-bond donors (Lipinski definition) is 4. The van der Waals surface area contributed by atoms with Crippen molar-refractivity contribution in [2.75, 3.05) is 26.3 Å². The zero-order chi connectivity index (χ0) is 24.9. The number of halogens is 6. The van der Waals surface area contributed by atoms with Crippen molar-refractivity contribution in [3.63, 3.8) is 0 Å². The molecule has 0 aliphatic carbocycles. The second-order valence-corrected chi connectivity index (χ2v) is 5.24. The van der Waals surface area contributed by atoms with Gasteiger partial charge in [0.1, 0.15) is 13.1 Å². The summed E-state index contributed by atoms with van der Waals surface area (Å²) in [6.45, 7) is -5.64. The maximum atomic E-state index is 11.9. The fourth-order valence-corrected chi connectivity index (χ4v) is 1.28. The largest absolute Gasteiger partial charge is 0.452 e. The molecule has 4 N–H and O–H groups in total. The molecule has 180 valence electrons. The summed E-state index contributed by atoms with van der Waals surface area (Å²) in [5.41, 5.74) is 0. The van der Waals surface area contributed by atoms with Crippen LogP contribution in [0.4, 0.5) is 35.9 Å². The number of amides is 6. The van der Waals surface area contributed by atoms with Crippen LogP contribution in [-0.2, 0) is 28.7 Å². The van der Waals surface area contributed by atoms with Crippen LogP contribution in [0.5, 0.6) is 0 Å². The van der Waals surface area contributed by atoms with Gasteiger partial charge < -0.3 is 20.1 Å². The van der Waals surface area contributed by atoms with E-state index in [9.17, 15) is 55.1 Å². The highest BCUT2D eigenvalue weighted by atomic mass is 19.4. The van der Waals surface area contributed by atoms with Gasteiger partial charge in [-0.25, -0.2) is 19.2 Å². The first-order valence-electron chi connectivity index (χ1n) is 7.88. The topological polar surface area (TPSA) is 169 Å². The quantitative estimate of drug-likeness (QED) is 0.203. The molecule has 0 aromatic rings. The minimum Gasteiger partial charge on any atom is -0.452 e. The lowest BCUT2D eigenvalue weighted by Crippen LogP contribution is -2.44. The van der Waals surface area contributed by atoms with Crippen molar-refractivity contribution in [2.45, 2.75) is 12.4 Å². The zero-order valence-electron chi connectivity index (χ0n) is 15.5. The molecule has 0 aromatic heterocycles. The van der Waals surface area contributed by atoms with Crippen molar-refractivity contribution in [3.8, 4) is 0 Å². The molecule has 0 aliphatic rings. The van der Waals surface area contributed by atoms with E-state index in [1.165, 1.54) is 21.3 Å². The van der Waals surface area contributed by atoms with Gasteiger partial charge in [0.15, 0.2) is 13.2 Å². The van der Waals surface area contributed by atoms with Gasteiger partial charge in [-0.2, -0.15) is 26.3 Å². The van der Waals surface area contributed by atoms with E-state index in [4.69, 9.17) is 0 Å². The monoisotopic (exact) mass is 480 g/mol. The molecule has 0 radical (unpaired) electrons. The summed E-state index contributed by atoms with van der Waals surface area (Å²) in [5.74, 6) is -5.25. The number of carbonyl (C=O) groups is 6. The van der Waals surface area contributed by atoms with Crippen LogP contribution in [0.15, 0.2) is 12.2 Å². The zero-order valence-corrected chi connectivity index (χ0v) is 15.5. The summed E-state index contributed by atoms with van der Waals surface area (Å²) >= 11 is 0. The maximum Gasteiger partial charge on any atom is 0.405 e. The molecule has 0 unspecified atom stereocenters. The van der Waals surface area contributed by atoms with E-state index in [1.54, 1.807) is 0 Å². The van der Waals surface area contributed by atoms with Crippen molar-refractivity contribution < 1.29 is 64.6 Å². The Morgan fingerprint density at radius 2 is 0.938 bits per heavy atom. The number of urea groups is 2. The van der Waals surface area contributed by atoms with Gasteiger partial charge in [-0.1, -0.05) is 0 Å². The number of hydrogen-bond acceptors (Lipinski definition) is 8. The molecule has 12 nitrogen and oxygen atoms in total. The average Bonchev–Trinajstić information content (AvgIpc) is 2.65. The van der Waals surface area contributed by atoms with Crippen molar-refractivity contribution in [3.05, 3.63) is 12.2 Å². The first-order chi connectivity index (χ1) is 14.6. The van der Waals surface area contributed by atoms with Crippen LogP contribution >= 0.6 is 0 Å². The lowest BCUT2D eigenvalue weighted by Gasteiger charge is -2.09. The normalized spacial score (nSPS) is 11.3. The van der Waals surface area contributed by atoms with E-state index < -0.39 is 74.5 Å². The van der Waals surface area contributed by atoms with E-state index in [2.05, 4.69) is 9.47 Å². The van der Waals surface area contributed by atoms with Gasteiger partial charge in [0.25, 0.3) is 11.8 Å². The summed E-state index contributed by atoms with van der Waals surface area (Å²) in [6.07, 6.45) is -8.61. The Balaban J connectivity index is 4.15. The lowest BCUT2D eigenvalue weighted by atomic mass is 10.5. The van der Waals surface area contributed by atoms with Crippen molar-refractivity contribution >= 4 is 35.8 Å². The fourth-order valence-electron chi connectivity index (χ4n) is 1.28. The average molecular weight is 480 g/mol. The number of nitrogens with one attached hydrogen (secondary N) is 4. The first kappa shape index (κ1) is 28.1. The summed E-state index contributed by atoms with van der Waals surface area (Å²) in [7, 11) is 0. The van der Waals surface area contributed by atoms with E-state index >= 15 is 0 Å². The third-order valence-electron chi connectivity index (χ3n) is 2.45. The Hall–Kier alpha value is -3.86. The molecule has 32 heavy (non-hydrogen) atoms. The number of carbonyl (C=O) groups excluding carboxylic acids is 6. The fraction of sp³-hybridized carbons (Fsp3) is 0.429. The summed E-state index contributed by atoms with van der Waals surface area (Å²) in [5, 5.41) is 5.45. The Morgan fingerprint density at radius 1 is 0.625 bits per heavy atom. The van der Waals surface area contributed by atoms with Gasteiger partial charge >= 0.3 is 36.4 Å². The Labute approximate surface area is 173 Å². The number of alkyl halides is 6. The SMILES string of the molecule is O=C(COC(=O)/C=C/C(=O)OCC(=O)NC(=O)NCC(F)(F)F)NC(=O)NCC(F)(F)F. The van der Waals surface area contributed by atoms with Crippen LogP contribution in [-0.4, -0.2) is 74.5 Å². The van der Waals surface area contributed by atoms with E-state index in [1.807, 2.05) is 0 Å². The molecule has 0 atom stereocenters. The molecule has 6 amide bonds. The molecule has 0 rings (SSSR count). The minimum absolute atomic E-state index is 0.410. The second-order valence-electron chi connectivity index (χ2n) is 5.24. The van der Waals surface area contributed by atoms with E-state index in [0.29, 0.717) is 12.2 Å². The first-order valence-corrected chi connectivity index (χ1v) is 7.88. The smallest absolute Gasteiger partial charge is 0.405 e.